The Hall–Kier alpha value is -2.16. The lowest BCUT2D eigenvalue weighted by Crippen LogP contribution is -1.89. The highest BCUT2D eigenvalue weighted by Crippen LogP contribution is 2.21. The van der Waals surface area contributed by atoms with E-state index in [4.69, 9.17) is 0 Å². The van der Waals surface area contributed by atoms with Crippen molar-refractivity contribution >= 4 is 5.65 Å². The summed E-state index contributed by atoms with van der Waals surface area (Å²) in [6.07, 6.45) is 7.64. The molecule has 0 aliphatic rings. The van der Waals surface area contributed by atoms with E-state index in [1.807, 2.05) is 35.9 Å². The molecule has 3 nitrogen and oxygen atoms in total. The molecule has 0 aliphatic carbocycles. The van der Waals surface area contributed by atoms with Crippen molar-refractivity contribution in [2.24, 2.45) is 0 Å². The van der Waals surface area contributed by atoms with Crippen LogP contribution < -0.4 is 0 Å². The van der Waals surface area contributed by atoms with Gasteiger partial charge >= 0.3 is 0 Å². The summed E-state index contributed by atoms with van der Waals surface area (Å²) in [5.74, 6) is 0. The summed E-state index contributed by atoms with van der Waals surface area (Å²) in [4.78, 5) is 8.52. The molecule has 0 unspecified atom stereocenters. The molecule has 3 heteroatoms. The second-order valence-corrected chi connectivity index (χ2v) is 3.75. The molecule has 0 aliphatic heterocycles. The van der Waals surface area contributed by atoms with E-state index in [2.05, 4.69) is 28.3 Å². The Kier molecular flexibility index (Phi) is 1.96. The summed E-state index contributed by atoms with van der Waals surface area (Å²) in [5, 5.41) is 0. The third-order valence-electron chi connectivity index (χ3n) is 2.71. The van der Waals surface area contributed by atoms with Crippen molar-refractivity contribution in [2.75, 3.05) is 0 Å². The normalized spacial score (nSPS) is 10.8. The minimum Gasteiger partial charge on any atom is -0.306 e. The largest absolute Gasteiger partial charge is 0.306 e. The summed E-state index contributed by atoms with van der Waals surface area (Å²) in [7, 11) is 0. The standard InChI is InChI=1S/C13H11N3/c1-10-12(3-2-6-14-10)11-4-5-13-15-7-8-16(13)9-11/h2-9H,1H3. The van der Waals surface area contributed by atoms with Gasteiger partial charge in [0.25, 0.3) is 0 Å². The molecule has 0 bridgehead atoms. The van der Waals surface area contributed by atoms with Crippen LogP contribution in [0.5, 0.6) is 0 Å². The summed E-state index contributed by atoms with van der Waals surface area (Å²) in [6.45, 7) is 2.02. The van der Waals surface area contributed by atoms with E-state index in [-0.39, 0.29) is 0 Å². The predicted molar refractivity (Wildman–Crippen MR) is 63.2 cm³/mol. The van der Waals surface area contributed by atoms with Crippen LogP contribution in [0.15, 0.2) is 49.1 Å². The fourth-order valence-corrected chi connectivity index (χ4v) is 1.87. The first-order valence-electron chi connectivity index (χ1n) is 5.19. The molecule has 0 spiro atoms. The summed E-state index contributed by atoms with van der Waals surface area (Å²) >= 11 is 0. The van der Waals surface area contributed by atoms with Crippen LogP contribution in [0, 0.1) is 6.92 Å². The highest BCUT2D eigenvalue weighted by molar-refractivity contribution is 5.66. The van der Waals surface area contributed by atoms with Crippen LogP contribution in [0.4, 0.5) is 0 Å². The summed E-state index contributed by atoms with van der Waals surface area (Å²) in [5.41, 5.74) is 4.33. The number of fused-ring (bicyclic) bond motifs is 1. The van der Waals surface area contributed by atoms with E-state index in [9.17, 15) is 0 Å². The maximum atomic E-state index is 4.30. The zero-order chi connectivity index (χ0) is 11.0. The molecule has 3 heterocycles. The van der Waals surface area contributed by atoms with Crippen molar-refractivity contribution in [3.63, 3.8) is 0 Å². The van der Waals surface area contributed by atoms with Gasteiger partial charge in [-0.25, -0.2) is 4.98 Å². The van der Waals surface area contributed by atoms with Gasteiger partial charge in [-0.1, -0.05) is 6.07 Å². The lowest BCUT2D eigenvalue weighted by molar-refractivity contribution is 1.17. The Morgan fingerprint density at radius 2 is 2.00 bits per heavy atom. The number of aryl methyl sites for hydroxylation is 1. The van der Waals surface area contributed by atoms with Gasteiger partial charge in [0.05, 0.1) is 0 Å². The van der Waals surface area contributed by atoms with E-state index in [1.54, 1.807) is 6.20 Å². The minimum atomic E-state index is 0.963. The molecule has 0 amide bonds. The molecular weight excluding hydrogens is 198 g/mol. The summed E-state index contributed by atoms with van der Waals surface area (Å²) in [6, 6.07) is 8.13. The van der Waals surface area contributed by atoms with E-state index >= 15 is 0 Å². The Balaban J connectivity index is 2.22. The number of nitrogens with zero attached hydrogens (tertiary/aromatic N) is 3. The molecule has 0 saturated heterocycles. The van der Waals surface area contributed by atoms with Crippen LogP contribution in [-0.4, -0.2) is 14.4 Å². The van der Waals surface area contributed by atoms with Gasteiger partial charge in [0.2, 0.25) is 0 Å². The minimum absolute atomic E-state index is 0.963. The molecule has 0 N–H and O–H groups in total. The molecule has 3 aromatic heterocycles. The smallest absolute Gasteiger partial charge is 0.136 e. The van der Waals surface area contributed by atoms with Crippen LogP contribution in [0.3, 0.4) is 0 Å². The number of hydrogen-bond donors (Lipinski definition) is 0. The fraction of sp³-hybridized carbons (Fsp3) is 0.0769. The predicted octanol–water partition coefficient (Wildman–Crippen LogP) is 2.70. The molecule has 3 rings (SSSR count). The van der Waals surface area contributed by atoms with Gasteiger partial charge in [-0.2, -0.15) is 0 Å². The Morgan fingerprint density at radius 1 is 1.06 bits per heavy atom. The molecule has 0 saturated carbocycles. The first-order chi connectivity index (χ1) is 7.84. The molecule has 3 aromatic rings. The number of aromatic nitrogens is 3. The Bertz CT molecular complexity index is 640. The average molecular weight is 209 g/mol. The number of pyridine rings is 2. The van der Waals surface area contributed by atoms with E-state index in [0.29, 0.717) is 0 Å². The number of rotatable bonds is 1. The zero-order valence-electron chi connectivity index (χ0n) is 8.96. The Morgan fingerprint density at radius 3 is 2.88 bits per heavy atom. The molecular formula is C13H11N3. The third kappa shape index (κ3) is 1.37. The number of imidazole rings is 1. The molecule has 78 valence electrons. The maximum absolute atomic E-state index is 4.30. The summed E-state index contributed by atoms with van der Waals surface area (Å²) < 4.78 is 2.02. The molecule has 0 fully saturated rings. The first-order valence-corrected chi connectivity index (χ1v) is 5.19. The van der Waals surface area contributed by atoms with Gasteiger partial charge in [-0.05, 0) is 25.1 Å². The van der Waals surface area contributed by atoms with Gasteiger partial charge in [0.1, 0.15) is 5.65 Å². The van der Waals surface area contributed by atoms with Crippen molar-refractivity contribution in [3.8, 4) is 11.1 Å². The van der Waals surface area contributed by atoms with E-state index in [1.165, 1.54) is 0 Å². The second kappa shape index (κ2) is 3.45. The quantitative estimate of drug-likeness (QED) is 0.616. The van der Waals surface area contributed by atoms with Crippen molar-refractivity contribution in [1.82, 2.24) is 14.4 Å². The van der Waals surface area contributed by atoms with Gasteiger partial charge in [-0.15, -0.1) is 0 Å². The van der Waals surface area contributed by atoms with Crippen molar-refractivity contribution in [2.45, 2.75) is 6.92 Å². The van der Waals surface area contributed by atoms with E-state index < -0.39 is 0 Å². The van der Waals surface area contributed by atoms with E-state index in [0.717, 1.165) is 22.5 Å². The van der Waals surface area contributed by atoms with Crippen LogP contribution in [-0.2, 0) is 0 Å². The lowest BCUT2D eigenvalue weighted by atomic mass is 10.1. The fourth-order valence-electron chi connectivity index (χ4n) is 1.87. The molecule has 0 aromatic carbocycles. The second-order valence-electron chi connectivity index (χ2n) is 3.75. The average Bonchev–Trinajstić information content (AvgIpc) is 2.76. The van der Waals surface area contributed by atoms with Gasteiger partial charge in [0, 0.05) is 41.6 Å². The topological polar surface area (TPSA) is 30.2 Å². The Labute approximate surface area is 93.4 Å². The van der Waals surface area contributed by atoms with Gasteiger partial charge in [0.15, 0.2) is 0 Å². The molecule has 0 radical (unpaired) electrons. The van der Waals surface area contributed by atoms with Gasteiger partial charge in [-0.3, -0.25) is 4.98 Å². The molecule has 16 heavy (non-hydrogen) atoms. The highest BCUT2D eigenvalue weighted by atomic mass is 15.0. The van der Waals surface area contributed by atoms with Crippen LogP contribution >= 0.6 is 0 Å². The third-order valence-corrected chi connectivity index (χ3v) is 2.71. The van der Waals surface area contributed by atoms with Crippen LogP contribution in [0.2, 0.25) is 0 Å². The maximum Gasteiger partial charge on any atom is 0.136 e. The van der Waals surface area contributed by atoms with Crippen LogP contribution in [0.25, 0.3) is 16.8 Å². The monoisotopic (exact) mass is 209 g/mol. The van der Waals surface area contributed by atoms with Crippen LogP contribution in [0.1, 0.15) is 5.69 Å². The number of hydrogen-bond acceptors (Lipinski definition) is 2. The first kappa shape index (κ1) is 9.09. The zero-order valence-corrected chi connectivity index (χ0v) is 8.96. The SMILES string of the molecule is Cc1ncccc1-c1ccc2nccn2c1. The van der Waals surface area contributed by atoms with Gasteiger partial charge < -0.3 is 4.40 Å². The van der Waals surface area contributed by atoms with Crippen molar-refractivity contribution in [1.29, 1.82) is 0 Å². The lowest BCUT2D eigenvalue weighted by Gasteiger charge is -2.05. The van der Waals surface area contributed by atoms with Crippen molar-refractivity contribution < 1.29 is 0 Å². The van der Waals surface area contributed by atoms with Crippen molar-refractivity contribution in [3.05, 3.63) is 54.7 Å². The molecule has 0 atom stereocenters. The highest BCUT2D eigenvalue weighted by Gasteiger charge is 2.03.